The van der Waals surface area contributed by atoms with Crippen molar-refractivity contribution in [2.75, 3.05) is 0 Å². The van der Waals surface area contributed by atoms with Crippen LogP contribution in [-0.4, -0.2) is 11.1 Å². The lowest BCUT2D eigenvalue weighted by Crippen LogP contribution is -2.06. The third-order valence-electron chi connectivity index (χ3n) is 1.39. The molecule has 0 aliphatic carbocycles. The molecule has 1 aromatic rings. The van der Waals surface area contributed by atoms with Gasteiger partial charge in [0, 0.05) is 0 Å². The maximum absolute atomic E-state index is 5.69. The summed E-state index contributed by atoms with van der Waals surface area (Å²) in [6.45, 7) is 5.91. The van der Waals surface area contributed by atoms with Gasteiger partial charge in [0.05, 0.1) is 12.3 Å². The third-order valence-corrected chi connectivity index (χ3v) is 1.60. The van der Waals surface area contributed by atoms with Gasteiger partial charge in [-0.1, -0.05) is 11.6 Å². The van der Waals surface area contributed by atoms with Crippen LogP contribution in [0.15, 0.2) is 12.3 Å². The van der Waals surface area contributed by atoms with E-state index in [0.717, 1.165) is 11.3 Å². The summed E-state index contributed by atoms with van der Waals surface area (Å²) < 4.78 is 5.48. The normalized spacial score (nSPS) is 10.4. The van der Waals surface area contributed by atoms with Crippen LogP contribution in [0.4, 0.5) is 0 Å². The largest absolute Gasteiger partial charge is 0.489 e. The van der Waals surface area contributed by atoms with Gasteiger partial charge < -0.3 is 4.74 Å². The molecule has 2 nitrogen and oxygen atoms in total. The molecule has 0 radical (unpaired) electrons. The molecule has 0 bridgehead atoms. The fraction of sp³-hybridized carbons (Fsp3) is 0.444. The zero-order valence-electron chi connectivity index (χ0n) is 7.47. The van der Waals surface area contributed by atoms with E-state index in [4.69, 9.17) is 16.3 Å². The molecule has 12 heavy (non-hydrogen) atoms. The van der Waals surface area contributed by atoms with Crippen molar-refractivity contribution in [1.82, 2.24) is 4.98 Å². The Hall–Kier alpha value is -0.760. The van der Waals surface area contributed by atoms with Crippen LogP contribution in [0, 0.1) is 6.92 Å². The van der Waals surface area contributed by atoms with Crippen molar-refractivity contribution in [1.29, 1.82) is 0 Å². The van der Waals surface area contributed by atoms with Crippen molar-refractivity contribution in [3.05, 3.63) is 23.0 Å². The fourth-order valence-corrected chi connectivity index (χ4v) is 1.10. The summed E-state index contributed by atoms with van der Waals surface area (Å²) in [4.78, 5) is 3.93. The lowest BCUT2D eigenvalue weighted by molar-refractivity contribution is 0.240. The molecular weight excluding hydrogens is 174 g/mol. The molecule has 0 atom stereocenters. The Morgan fingerprint density at radius 2 is 2.17 bits per heavy atom. The molecular formula is C9H12ClNO. The van der Waals surface area contributed by atoms with E-state index in [9.17, 15) is 0 Å². The first-order valence-corrected chi connectivity index (χ1v) is 4.26. The van der Waals surface area contributed by atoms with E-state index < -0.39 is 0 Å². The Balaban J connectivity index is 2.86. The number of aryl methyl sites for hydroxylation is 1. The maximum Gasteiger partial charge on any atom is 0.140 e. The second-order valence-electron chi connectivity index (χ2n) is 2.94. The average molecular weight is 186 g/mol. The molecule has 0 amide bonds. The van der Waals surface area contributed by atoms with Gasteiger partial charge in [0.1, 0.15) is 10.9 Å². The summed E-state index contributed by atoms with van der Waals surface area (Å²) in [7, 11) is 0. The number of hydrogen-bond acceptors (Lipinski definition) is 2. The molecule has 3 heteroatoms. The van der Waals surface area contributed by atoms with Crippen molar-refractivity contribution in [2.24, 2.45) is 0 Å². The number of halogens is 1. The molecule has 0 aliphatic heterocycles. The van der Waals surface area contributed by atoms with E-state index in [1.54, 1.807) is 12.3 Å². The minimum atomic E-state index is 0.173. The molecule has 0 saturated carbocycles. The second kappa shape index (κ2) is 3.76. The highest BCUT2D eigenvalue weighted by atomic mass is 35.5. The van der Waals surface area contributed by atoms with E-state index >= 15 is 0 Å². The van der Waals surface area contributed by atoms with Crippen molar-refractivity contribution < 1.29 is 4.74 Å². The van der Waals surface area contributed by atoms with Crippen molar-refractivity contribution >= 4 is 11.6 Å². The summed E-state index contributed by atoms with van der Waals surface area (Å²) >= 11 is 5.69. The lowest BCUT2D eigenvalue weighted by Gasteiger charge is -2.11. The molecule has 0 aliphatic rings. The number of pyridine rings is 1. The van der Waals surface area contributed by atoms with E-state index in [1.165, 1.54) is 0 Å². The molecule has 0 saturated heterocycles. The Kier molecular flexibility index (Phi) is 2.93. The van der Waals surface area contributed by atoms with Crippen molar-refractivity contribution in [3.8, 4) is 5.75 Å². The monoisotopic (exact) mass is 185 g/mol. The van der Waals surface area contributed by atoms with Crippen LogP contribution in [0.5, 0.6) is 5.75 Å². The molecule has 0 aromatic carbocycles. The Morgan fingerprint density at radius 1 is 1.50 bits per heavy atom. The summed E-state index contributed by atoms with van der Waals surface area (Å²) in [5, 5.41) is 0.503. The first kappa shape index (κ1) is 9.33. The molecule has 1 heterocycles. The molecule has 1 aromatic heterocycles. The second-order valence-corrected chi connectivity index (χ2v) is 3.33. The van der Waals surface area contributed by atoms with Crippen LogP contribution in [0.1, 0.15) is 19.4 Å². The predicted molar refractivity (Wildman–Crippen MR) is 49.7 cm³/mol. The predicted octanol–water partition coefficient (Wildman–Crippen LogP) is 2.83. The number of hydrogen-bond donors (Lipinski definition) is 0. The molecule has 1 rings (SSSR count). The highest BCUT2D eigenvalue weighted by Crippen LogP contribution is 2.19. The standard InChI is InChI=1S/C9H12ClNO/c1-6(2)12-8-5-11-9(10)4-7(8)3/h4-6H,1-3H3. The van der Waals surface area contributed by atoms with E-state index in [1.807, 2.05) is 20.8 Å². The zero-order chi connectivity index (χ0) is 9.14. The highest BCUT2D eigenvalue weighted by molar-refractivity contribution is 6.29. The third kappa shape index (κ3) is 2.38. The minimum absolute atomic E-state index is 0.173. The SMILES string of the molecule is Cc1cc(Cl)ncc1OC(C)C. The smallest absolute Gasteiger partial charge is 0.140 e. The fourth-order valence-electron chi connectivity index (χ4n) is 0.886. The minimum Gasteiger partial charge on any atom is -0.489 e. The number of ether oxygens (including phenoxy) is 1. The number of nitrogens with zero attached hydrogens (tertiary/aromatic N) is 1. The van der Waals surface area contributed by atoms with Gasteiger partial charge in [-0.05, 0) is 32.4 Å². The number of aromatic nitrogens is 1. The quantitative estimate of drug-likeness (QED) is 0.661. The van der Waals surface area contributed by atoms with Gasteiger partial charge in [0.25, 0.3) is 0 Å². The average Bonchev–Trinajstić information content (AvgIpc) is 1.94. The maximum atomic E-state index is 5.69. The first-order valence-electron chi connectivity index (χ1n) is 3.88. The highest BCUT2D eigenvalue weighted by Gasteiger charge is 2.02. The molecule has 0 N–H and O–H groups in total. The Morgan fingerprint density at radius 3 is 2.67 bits per heavy atom. The van der Waals surface area contributed by atoms with Crippen LogP contribution in [0.2, 0.25) is 5.15 Å². The summed E-state index contributed by atoms with van der Waals surface area (Å²) in [5.74, 6) is 0.800. The first-order chi connectivity index (χ1) is 5.59. The van der Waals surface area contributed by atoms with E-state index in [-0.39, 0.29) is 6.10 Å². The lowest BCUT2D eigenvalue weighted by atomic mass is 10.3. The van der Waals surface area contributed by atoms with Gasteiger partial charge in [-0.2, -0.15) is 0 Å². The van der Waals surface area contributed by atoms with E-state index in [2.05, 4.69) is 4.98 Å². The molecule has 0 fully saturated rings. The van der Waals surface area contributed by atoms with Gasteiger partial charge in [0.15, 0.2) is 0 Å². The van der Waals surface area contributed by atoms with Gasteiger partial charge in [0.2, 0.25) is 0 Å². The van der Waals surface area contributed by atoms with E-state index in [0.29, 0.717) is 5.15 Å². The van der Waals surface area contributed by atoms with Gasteiger partial charge in [-0.25, -0.2) is 4.98 Å². The summed E-state index contributed by atoms with van der Waals surface area (Å²) in [6, 6.07) is 1.79. The van der Waals surface area contributed by atoms with Crippen molar-refractivity contribution in [3.63, 3.8) is 0 Å². The van der Waals surface area contributed by atoms with Crippen LogP contribution in [0.25, 0.3) is 0 Å². The van der Waals surface area contributed by atoms with Gasteiger partial charge in [-0.15, -0.1) is 0 Å². The van der Waals surface area contributed by atoms with Crippen LogP contribution >= 0.6 is 11.6 Å². The zero-order valence-corrected chi connectivity index (χ0v) is 8.22. The summed E-state index contributed by atoms with van der Waals surface area (Å²) in [5.41, 5.74) is 1.02. The van der Waals surface area contributed by atoms with Crippen LogP contribution in [-0.2, 0) is 0 Å². The molecule has 0 unspecified atom stereocenters. The van der Waals surface area contributed by atoms with Crippen molar-refractivity contribution in [2.45, 2.75) is 26.9 Å². The topological polar surface area (TPSA) is 22.1 Å². The van der Waals surface area contributed by atoms with Crippen LogP contribution in [0.3, 0.4) is 0 Å². The molecule has 0 spiro atoms. The molecule has 66 valence electrons. The Bertz CT molecular complexity index is 273. The Labute approximate surface area is 77.5 Å². The summed E-state index contributed by atoms with van der Waals surface area (Å²) in [6.07, 6.45) is 1.82. The van der Waals surface area contributed by atoms with Gasteiger partial charge in [-0.3, -0.25) is 0 Å². The van der Waals surface area contributed by atoms with Gasteiger partial charge >= 0.3 is 0 Å². The number of rotatable bonds is 2. The van der Waals surface area contributed by atoms with Crippen LogP contribution < -0.4 is 4.74 Å².